The second-order valence-corrected chi connectivity index (χ2v) is 6.91. The third-order valence-corrected chi connectivity index (χ3v) is 4.52. The van der Waals surface area contributed by atoms with Crippen molar-refractivity contribution < 1.29 is 9.53 Å². The number of carbonyl (C=O) groups excluding carboxylic acids is 1. The van der Waals surface area contributed by atoms with E-state index < -0.39 is 0 Å². The summed E-state index contributed by atoms with van der Waals surface area (Å²) in [4.78, 5) is 12.1. The third kappa shape index (κ3) is 5.10. The number of rotatable bonds is 6. The van der Waals surface area contributed by atoms with Gasteiger partial charge in [0, 0.05) is 4.47 Å². The van der Waals surface area contributed by atoms with E-state index in [1.807, 2.05) is 42.5 Å². The molecule has 1 aliphatic carbocycles. The standard InChI is InChI=1S/C19H20BrNO2/c20-17-8-4-7-16(12-17)18(11-14-9-10-14)21-19(22)23-13-15-5-2-1-3-6-15/h1-8,12,14,18H,9-11,13H2,(H,21,22). The molecule has 1 N–H and O–H groups in total. The quantitative estimate of drug-likeness (QED) is 0.753. The summed E-state index contributed by atoms with van der Waals surface area (Å²) in [6, 6.07) is 17.8. The minimum Gasteiger partial charge on any atom is -0.445 e. The van der Waals surface area contributed by atoms with Crippen molar-refractivity contribution in [2.45, 2.75) is 31.9 Å². The van der Waals surface area contributed by atoms with Gasteiger partial charge in [0.05, 0.1) is 6.04 Å². The van der Waals surface area contributed by atoms with E-state index in [4.69, 9.17) is 4.74 Å². The maximum Gasteiger partial charge on any atom is 0.407 e. The summed E-state index contributed by atoms with van der Waals surface area (Å²) in [5.41, 5.74) is 2.10. The molecule has 0 radical (unpaired) electrons. The van der Waals surface area contributed by atoms with E-state index in [0.717, 1.165) is 22.0 Å². The summed E-state index contributed by atoms with van der Waals surface area (Å²) in [6.07, 6.45) is 3.12. The smallest absolute Gasteiger partial charge is 0.407 e. The number of hydrogen-bond donors (Lipinski definition) is 1. The molecule has 3 nitrogen and oxygen atoms in total. The SMILES string of the molecule is O=C(NC(CC1CC1)c1cccc(Br)c1)OCc1ccccc1. The Balaban J connectivity index is 1.60. The van der Waals surface area contributed by atoms with Crippen molar-refractivity contribution in [3.63, 3.8) is 0 Å². The van der Waals surface area contributed by atoms with Crippen LogP contribution >= 0.6 is 15.9 Å². The minimum absolute atomic E-state index is 0.00303. The zero-order valence-corrected chi connectivity index (χ0v) is 14.5. The van der Waals surface area contributed by atoms with Crippen LogP contribution in [0, 0.1) is 5.92 Å². The van der Waals surface area contributed by atoms with Gasteiger partial charge in [0.15, 0.2) is 0 Å². The molecule has 1 amide bonds. The van der Waals surface area contributed by atoms with Gasteiger partial charge in [-0.15, -0.1) is 0 Å². The molecule has 2 aromatic carbocycles. The zero-order valence-electron chi connectivity index (χ0n) is 12.9. The Bertz CT molecular complexity index is 655. The van der Waals surface area contributed by atoms with Crippen LogP contribution < -0.4 is 5.32 Å². The highest BCUT2D eigenvalue weighted by Gasteiger charge is 2.27. The van der Waals surface area contributed by atoms with Crippen molar-refractivity contribution in [1.29, 1.82) is 0 Å². The maximum absolute atomic E-state index is 12.1. The molecule has 0 bridgehead atoms. The molecule has 0 heterocycles. The highest BCUT2D eigenvalue weighted by Crippen LogP contribution is 2.38. The normalized spacial score (nSPS) is 15.0. The van der Waals surface area contributed by atoms with Crippen LogP contribution in [0.2, 0.25) is 0 Å². The van der Waals surface area contributed by atoms with Crippen molar-refractivity contribution in [3.8, 4) is 0 Å². The molecule has 2 aromatic rings. The average molecular weight is 374 g/mol. The lowest BCUT2D eigenvalue weighted by atomic mass is 10.0. The van der Waals surface area contributed by atoms with Gasteiger partial charge in [0.1, 0.15) is 6.61 Å². The molecule has 23 heavy (non-hydrogen) atoms. The lowest BCUT2D eigenvalue weighted by Crippen LogP contribution is -2.29. The Hall–Kier alpha value is -1.81. The summed E-state index contributed by atoms with van der Waals surface area (Å²) in [5, 5.41) is 3.02. The van der Waals surface area contributed by atoms with Gasteiger partial charge in [0.2, 0.25) is 0 Å². The first-order valence-electron chi connectivity index (χ1n) is 7.93. The van der Waals surface area contributed by atoms with Gasteiger partial charge in [-0.05, 0) is 35.6 Å². The number of hydrogen-bond acceptors (Lipinski definition) is 2. The molecule has 1 unspecified atom stereocenters. The van der Waals surface area contributed by atoms with Gasteiger partial charge >= 0.3 is 6.09 Å². The van der Waals surface area contributed by atoms with Gasteiger partial charge in [-0.2, -0.15) is 0 Å². The summed E-state index contributed by atoms with van der Waals surface area (Å²) in [5.74, 6) is 0.716. The van der Waals surface area contributed by atoms with Crippen molar-refractivity contribution >= 4 is 22.0 Å². The maximum atomic E-state index is 12.1. The van der Waals surface area contributed by atoms with E-state index >= 15 is 0 Å². The highest BCUT2D eigenvalue weighted by molar-refractivity contribution is 9.10. The van der Waals surface area contributed by atoms with Crippen LogP contribution in [0.3, 0.4) is 0 Å². The van der Waals surface area contributed by atoms with Gasteiger partial charge < -0.3 is 10.1 Å². The third-order valence-electron chi connectivity index (χ3n) is 4.02. The average Bonchev–Trinajstić information content (AvgIpc) is 3.37. The number of ether oxygens (including phenoxy) is 1. The first-order valence-corrected chi connectivity index (χ1v) is 8.72. The number of nitrogens with one attached hydrogen (secondary N) is 1. The minimum atomic E-state index is -0.362. The van der Waals surface area contributed by atoms with Crippen LogP contribution in [-0.4, -0.2) is 6.09 Å². The number of halogens is 1. The van der Waals surface area contributed by atoms with Gasteiger partial charge in [-0.25, -0.2) is 4.79 Å². The van der Waals surface area contributed by atoms with Crippen LogP contribution in [0.1, 0.15) is 36.4 Å². The number of carbonyl (C=O) groups is 1. The fourth-order valence-electron chi connectivity index (χ4n) is 2.60. The van der Waals surface area contributed by atoms with Crippen LogP contribution in [-0.2, 0) is 11.3 Å². The Kier molecular flexibility index (Phi) is 5.34. The van der Waals surface area contributed by atoms with Crippen molar-refractivity contribution in [3.05, 3.63) is 70.2 Å². The van der Waals surface area contributed by atoms with Crippen molar-refractivity contribution in [2.24, 2.45) is 5.92 Å². The molecule has 0 aromatic heterocycles. The Labute approximate surface area is 145 Å². The molecule has 120 valence electrons. The molecule has 1 atom stereocenters. The summed E-state index contributed by atoms with van der Waals surface area (Å²) in [7, 11) is 0. The largest absolute Gasteiger partial charge is 0.445 e. The highest BCUT2D eigenvalue weighted by atomic mass is 79.9. The van der Waals surface area contributed by atoms with Crippen LogP contribution in [0.15, 0.2) is 59.1 Å². The van der Waals surface area contributed by atoms with Crippen LogP contribution in [0.5, 0.6) is 0 Å². The zero-order chi connectivity index (χ0) is 16.1. The molecule has 4 heteroatoms. The van der Waals surface area contributed by atoms with E-state index in [9.17, 15) is 4.79 Å². The van der Waals surface area contributed by atoms with E-state index in [-0.39, 0.29) is 12.1 Å². The number of alkyl carbamates (subject to hydrolysis) is 1. The number of amides is 1. The molecule has 3 rings (SSSR count). The van der Waals surface area contributed by atoms with E-state index in [2.05, 4.69) is 33.4 Å². The summed E-state index contributed by atoms with van der Waals surface area (Å²) in [6.45, 7) is 0.293. The summed E-state index contributed by atoms with van der Waals surface area (Å²) >= 11 is 3.50. The monoisotopic (exact) mass is 373 g/mol. The Morgan fingerprint density at radius 2 is 1.96 bits per heavy atom. The van der Waals surface area contributed by atoms with Gasteiger partial charge in [-0.1, -0.05) is 71.2 Å². The van der Waals surface area contributed by atoms with Crippen molar-refractivity contribution in [1.82, 2.24) is 5.32 Å². The second-order valence-electron chi connectivity index (χ2n) is 5.99. The van der Waals surface area contributed by atoms with Crippen LogP contribution in [0.25, 0.3) is 0 Å². The van der Waals surface area contributed by atoms with Gasteiger partial charge in [0.25, 0.3) is 0 Å². The molecule has 0 spiro atoms. The first-order chi connectivity index (χ1) is 11.2. The predicted molar refractivity (Wildman–Crippen MR) is 94.0 cm³/mol. The molecule has 0 aliphatic heterocycles. The molecule has 1 saturated carbocycles. The predicted octanol–water partition coefficient (Wildman–Crippen LogP) is 5.22. The van der Waals surface area contributed by atoms with Crippen molar-refractivity contribution in [2.75, 3.05) is 0 Å². The Morgan fingerprint density at radius 1 is 1.17 bits per heavy atom. The topological polar surface area (TPSA) is 38.3 Å². The molecule has 1 aliphatic rings. The van der Waals surface area contributed by atoms with E-state index in [1.54, 1.807) is 0 Å². The molecular weight excluding hydrogens is 354 g/mol. The molecule has 1 fully saturated rings. The lowest BCUT2D eigenvalue weighted by molar-refractivity contribution is 0.134. The van der Waals surface area contributed by atoms with E-state index in [1.165, 1.54) is 12.8 Å². The summed E-state index contributed by atoms with van der Waals surface area (Å²) < 4.78 is 6.37. The van der Waals surface area contributed by atoms with Gasteiger partial charge in [-0.3, -0.25) is 0 Å². The number of benzene rings is 2. The lowest BCUT2D eigenvalue weighted by Gasteiger charge is -2.19. The molecule has 0 saturated heterocycles. The first kappa shape index (κ1) is 16.1. The Morgan fingerprint density at radius 3 is 2.65 bits per heavy atom. The molecular formula is C19H20BrNO2. The fourth-order valence-corrected chi connectivity index (χ4v) is 3.01. The fraction of sp³-hybridized carbons (Fsp3) is 0.316. The second kappa shape index (κ2) is 7.64. The van der Waals surface area contributed by atoms with E-state index in [0.29, 0.717) is 12.5 Å². The van der Waals surface area contributed by atoms with Crippen LogP contribution in [0.4, 0.5) is 4.79 Å².